The van der Waals surface area contributed by atoms with Crippen LogP contribution in [0.4, 0.5) is 5.95 Å². The van der Waals surface area contributed by atoms with Crippen molar-refractivity contribution in [3.63, 3.8) is 0 Å². The minimum Gasteiger partial charge on any atom is -0.342 e. The van der Waals surface area contributed by atoms with E-state index in [0.29, 0.717) is 37.8 Å². The van der Waals surface area contributed by atoms with Gasteiger partial charge >= 0.3 is 0 Å². The largest absolute Gasteiger partial charge is 0.342 e. The molecule has 27 heavy (non-hydrogen) atoms. The normalized spacial score (nSPS) is 16.9. The van der Waals surface area contributed by atoms with Gasteiger partial charge in [0, 0.05) is 45.0 Å². The first-order valence-electron chi connectivity index (χ1n) is 9.30. The number of carbonyl (C=O) groups is 2. The lowest BCUT2D eigenvalue weighted by Gasteiger charge is -2.33. The number of aryl methyl sites for hydroxylation is 1. The number of nitrogens with zero attached hydrogens (tertiary/aromatic N) is 5. The van der Waals surface area contributed by atoms with Crippen molar-refractivity contribution < 1.29 is 9.59 Å². The first-order chi connectivity index (χ1) is 13.1. The molecule has 0 N–H and O–H groups in total. The monoisotopic (exact) mass is 365 g/mol. The maximum absolute atomic E-state index is 12.9. The van der Waals surface area contributed by atoms with E-state index >= 15 is 0 Å². The van der Waals surface area contributed by atoms with Crippen molar-refractivity contribution in [2.45, 2.75) is 19.9 Å². The van der Waals surface area contributed by atoms with E-state index in [2.05, 4.69) is 33.1 Å². The summed E-state index contributed by atoms with van der Waals surface area (Å²) in [5, 5.41) is 0. The molecule has 1 aromatic carbocycles. The zero-order chi connectivity index (χ0) is 18.8. The third-order valence-electron chi connectivity index (χ3n) is 5.23. The number of rotatable bonds is 3. The highest BCUT2D eigenvalue weighted by Crippen LogP contribution is 2.22. The molecule has 2 aliphatic heterocycles. The van der Waals surface area contributed by atoms with Gasteiger partial charge in [0.25, 0.3) is 5.91 Å². The van der Waals surface area contributed by atoms with Crippen molar-refractivity contribution in [1.29, 1.82) is 0 Å². The molecule has 3 heterocycles. The molecule has 7 heteroatoms. The summed E-state index contributed by atoms with van der Waals surface area (Å²) >= 11 is 0. The summed E-state index contributed by atoms with van der Waals surface area (Å²) < 4.78 is 0. The summed E-state index contributed by atoms with van der Waals surface area (Å²) in [6.45, 7) is 5.69. The van der Waals surface area contributed by atoms with Gasteiger partial charge in [0.1, 0.15) is 5.69 Å². The summed E-state index contributed by atoms with van der Waals surface area (Å²) in [5.74, 6) is 0.518. The lowest BCUT2D eigenvalue weighted by molar-refractivity contribution is -0.119. The molecule has 0 bridgehead atoms. The summed E-state index contributed by atoms with van der Waals surface area (Å²) in [6, 6.07) is 10.2. The van der Waals surface area contributed by atoms with E-state index < -0.39 is 0 Å². The zero-order valence-electron chi connectivity index (χ0n) is 15.5. The molecule has 1 fully saturated rings. The number of fused-ring (bicyclic) bond motifs is 1. The van der Waals surface area contributed by atoms with Gasteiger partial charge in [0.15, 0.2) is 0 Å². The van der Waals surface area contributed by atoms with Crippen LogP contribution in [0.1, 0.15) is 27.3 Å². The van der Waals surface area contributed by atoms with Crippen LogP contribution in [0.15, 0.2) is 30.3 Å². The maximum atomic E-state index is 12.9. The minimum atomic E-state index is -0.0929. The Bertz CT molecular complexity index is 861. The summed E-state index contributed by atoms with van der Waals surface area (Å²) in [4.78, 5) is 38.5. The van der Waals surface area contributed by atoms with Crippen LogP contribution in [0.3, 0.4) is 0 Å². The molecule has 7 nitrogen and oxygen atoms in total. The number of benzene rings is 1. The summed E-state index contributed by atoms with van der Waals surface area (Å²) in [5.41, 5.74) is 3.86. The van der Waals surface area contributed by atoms with Crippen molar-refractivity contribution >= 4 is 18.3 Å². The predicted molar refractivity (Wildman–Crippen MR) is 102 cm³/mol. The molecule has 2 amide bonds. The molecular weight excluding hydrogens is 342 g/mol. The smallest absolute Gasteiger partial charge is 0.272 e. The summed E-state index contributed by atoms with van der Waals surface area (Å²) in [6.07, 6.45) is 1.79. The number of hydrogen-bond acceptors (Lipinski definition) is 5. The van der Waals surface area contributed by atoms with Gasteiger partial charge < -0.3 is 14.7 Å². The van der Waals surface area contributed by atoms with Gasteiger partial charge in [0.2, 0.25) is 12.4 Å². The van der Waals surface area contributed by atoms with Crippen molar-refractivity contribution in [2.24, 2.45) is 0 Å². The first-order valence-corrected chi connectivity index (χ1v) is 9.30. The number of aromatic nitrogens is 2. The lowest BCUT2D eigenvalue weighted by Crippen LogP contribution is -2.48. The first kappa shape index (κ1) is 17.5. The van der Waals surface area contributed by atoms with Gasteiger partial charge in [0.05, 0.1) is 0 Å². The van der Waals surface area contributed by atoms with Crippen molar-refractivity contribution in [2.75, 3.05) is 37.6 Å². The molecule has 2 aromatic rings. The van der Waals surface area contributed by atoms with Crippen molar-refractivity contribution in [3.05, 3.63) is 52.8 Å². The van der Waals surface area contributed by atoms with Crippen LogP contribution < -0.4 is 4.90 Å². The molecule has 140 valence electrons. The SMILES string of the molecule is Cc1cc(C(=O)N2CCN(C=O)CC2)nc(N2CCc3ccccc3C2)n1. The number of piperazine rings is 1. The molecule has 4 rings (SSSR count). The van der Waals surface area contributed by atoms with Crippen LogP contribution in [-0.4, -0.2) is 64.8 Å². The van der Waals surface area contributed by atoms with E-state index in [9.17, 15) is 9.59 Å². The van der Waals surface area contributed by atoms with E-state index in [4.69, 9.17) is 0 Å². The Morgan fingerprint density at radius 2 is 1.78 bits per heavy atom. The van der Waals surface area contributed by atoms with E-state index in [1.54, 1.807) is 15.9 Å². The standard InChI is InChI=1S/C20H23N5O2/c1-15-12-18(19(27)24-10-8-23(14-26)9-11-24)22-20(21-15)25-7-6-16-4-2-3-5-17(16)13-25/h2-5,12,14H,6-11,13H2,1H3. The molecule has 0 radical (unpaired) electrons. The van der Waals surface area contributed by atoms with Crippen LogP contribution in [0.25, 0.3) is 0 Å². The highest BCUT2D eigenvalue weighted by atomic mass is 16.2. The number of carbonyl (C=O) groups excluding carboxylic acids is 2. The molecule has 0 aliphatic carbocycles. The lowest BCUT2D eigenvalue weighted by atomic mass is 10.0. The minimum absolute atomic E-state index is 0.0929. The van der Waals surface area contributed by atoms with E-state index in [1.807, 2.05) is 13.0 Å². The molecular formula is C20H23N5O2. The fourth-order valence-corrected chi connectivity index (χ4v) is 3.66. The second-order valence-corrected chi connectivity index (χ2v) is 7.07. The molecule has 0 atom stereocenters. The molecule has 1 saturated heterocycles. The van der Waals surface area contributed by atoms with Crippen LogP contribution in [0, 0.1) is 6.92 Å². The Kier molecular flexibility index (Phi) is 4.75. The predicted octanol–water partition coefficient (Wildman–Crippen LogP) is 1.26. The van der Waals surface area contributed by atoms with Crippen LogP contribution in [-0.2, 0) is 17.8 Å². The van der Waals surface area contributed by atoms with Crippen LogP contribution >= 0.6 is 0 Å². The van der Waals surface area contributed by atoms with Gasteiger partial charge in [-0.25, -0.2) is 9.97 Å². The third kappa shape index (κ3) is 3.63. The average Bonchev–Trinajstić information content (AvgIpc) is 2.72. The average molecular weight is 365 g/mol. The van der Waals surface area contributed by atoms with Gasteiger partial charge in [-0.2, -0.15) is 0 Å². The quantitative estimate of drug-likeness (QED) is 0.766. The van der Waals surface area contributed by atoms with Crippen molar-refractivity contribution in [3.8, 4) is 0 Å². The van der Waals surface area contributed by atoms with Crippen LogP contribution in [0.5, 0.6) is 0 Å². The summed E-state index contributed by atoms with van der Waals surface area (Å²) in [7, 11) is 0. The molecule has 2 aliphatic rings. The fraction of sp³-hybridized carbons (Fsp3) is 0.400. The highest BCUT2D eigenvalue weighted by molar-refractivity contribution is 5.92. The Balaban J connectivity index is 1.54. The highest BCUT2D eigenvalue weighted by Gasteiger charge is 2.25. The number of anilines is 1. The molecule has 0 saturated carbocycles. The number of amides is 2. The van der Waals surface area contributed by atoms with Crippen LogP contribution in [0.2, 0.25) is 0 Å². The molecule has 1 aromatic heterocycles. The Morgan fingerprint density at radius 3 is 2.52 bits per heavy atom. The van der Waals surface area contributed by atoms with Gasteiger partial charge in [-0.3, -0.25) is 9.59 Å². The topological polar surface area (TPSA) is 69.6 Å². The van der Waals surface area contributed by atoms with Crippen molar-refractivity contribution in [1.82, 2.24) is 19.8 Å². The Morgan fingerprint density at radius 1 is 1.04 bits per heavy atom. The maximum Gasteiger partial charge on any atom is 0.272 e. The Hall–Kier alpha value is -2.96. The fourth-order valence-electron chi connectivity index (χ4n) is 3.66. The van der Waals surface area contributed by atoms with Gasteiger partial charge in [-0.05, 0) is 30.5 Å². The zero-order valence-corrected chi connectivity index (χ0v) is 15.5. The second-order valence-electron chi connectivity index (χ2n) is 7.07. The third-order valence-corrected chi connectivity index (χ3v) is 5.23. The van der Waals surface area contributed by atoms with E-state index in [-0.39, 0.29) is 5.91 Å². The molecule has 0 unspecified atom stereocenters. The van der Waals surface area contributed by atoms with E-state index in [1.165, 1.54) is 11.1 Å². The van der Waals surface area contributed by atoms with Gasteiger partial charge in [-0.1, -0.05) is 24.3 Å². The van der Waals surface area contributed by atoms with E-state index in [0.717, 1.165) is 31.6 Å². The molecule has 0 spiro atoms. The number of hydrogen-bond donors (Lipinski definition) is 0. The second kappa shape index (κ2) is 7.34. The van der Waals surface area contributed by atoms with Gasteiger partial charge in [-0.15, -0.1) is 0 Å². The Labute approximate surface area is 158 Å².